The van der Waals surface area contributed by atoms with Gasteiger partial charge in [0.15, 0.2) is 0 Å². The fourth-order valence-electron chi connectivity index (χ4n) is 3.53. The maximum Gasteiger partial charge on any atom is 0.263 e. The number of carbonyl (C=O) groups excluding carboxylic acids is 1. The second kappa shape index (κ2) is 10.4. The standard InChI is InChI=1S/C24H26N6OS/c1-17-2-7-21-22(14-17)32-24(29-21)18-3-5-20(6-4-18)28-16-19(15-25)23(31)27-10-13-30-11-8-26-9-12-30/h2-7,14,16,26,28H,8-13H2,1H3,(H,27,31)/b19-16-. The summed E-state index contributed by atoms with van der Waals surface area (Å²) in [5.74, 6) is -0.364. The van der Waals surface area contributed by atoms with Crippen LogP contribution < -0.4 is 16.0 Å². The van der Waals surface area contributed by atoms with Gasteiger partial charge in [0.25, 0.3) is 5.91 Å². The molecule has 3 N–H and O–H groups in total. The first-order valence-electron chi connectivity index (χ1n) is 10.7. The van der Waals surface area contributed by atoms with Crippen LogP contribution in [0.5, 0.6) is 0 Å². The number of benzene rings is 2. The van der Waals surface area contributed by atoms with E-state index in [9.17, 15) is 10.1 Å². The summed E-state index contributed by atoms with van der Waals surface area (Å²) in [4.78, 5) is 19.3. The van der Waals surface area contributed by atoms with Gasteiger partial charge in [-0.25, -0.2) is 4.98 Å². The molecule has 1 saturated heterocycles. The van der Waals surface area contributed by atoms with E-state index in [4.69, 9.17) is 4.98 Å². The Kier molecular flexibility index (Phi) is 7.12. The van der Waals surface area contributed by atoms with Gasteiger partial charge in [-0.15, -0.1) is 11.3 Å². The molecule has 2 heterocycles. The van der Waals surface area contributed by atoms with Gasteiger partial charge in [-0.3, -0.25) is 9.69 Å². The van der Waals surface area contributed by atoms with Crippen molar-refractivity contribution in [3.63, 3.8) is 0 Å². The molecule has 2 aromatic carbocycles. The van der Waals surface area contributed by atoms with Crippen LogP contribution in [-0.2, 0) is 4.79 Å². The molecule has 0 radical (unpaired) electrons. The molecule has 0 unspecified atom stereocenters. The number of anilines is 1. The first kappa shape index (κ1) is 22.0. The van der Waals surface area contributed by atoms with Gasteiger partial charge in [-0.1, -0.05) is 6.07 Å². The van der Waals surface area contributed by atoms with Crippen molar-refractivity contribution in [3.8, 4) is 16.6 Å². The number of carbonyl (C=O) groups is 1. The van der Waals surface area contributed by atoms with Crippen molar-refractivity contribution >= 4 is 33.1 Å². The third-order valence-corrected chi connectivity index (χ3v) is 6.41. The molecular formula is C24H26N6OS. The van der Waals surface area contributed by atoms with Crippen molar-refractivity contribution in [2.45, 2.75) is 6.92 Å². The molecule has 1 aliphatic heterocycles. The van der Waals surface area contributed by atoms with Gasteiger partial charge in [0.2, 0.25) is 0 Å². The summed E-state index contributed by atoms with van der Waals surface area (Å²) in [6.07, 6.45) is 1.45. The lowest BCUT2D eigenvalue weighted by Crippen LogP contribution is -2.46. The SMILES string of the molecule is Cc1ccc2nc(-c3ccc(N/C=C(/C#N)C(=O)NCCN4CCNCC4)cc3)sc2c1. The first-order valence-corrected chi connectivity index (χ1v) is 11.5. The highest BCUT2D eigenvalue weighted by atomic mass is 32.1. The highest BCUT2D eigenvalue weighted by Gasteiger charge is 2.12. The summed E-state index contributed by atoms with van der Waals surface area (Å²) in [5, 5.41) is 19.5. The molecule has 164 valence electrons. The molecule has 1 amide bonds. The van der Waals surface area contributed by atoms with Crippen LogP contribution in [0.25, 0.3) is 20.8 Å². The van der Waals surface area contributed by atoms with Gasteiger partial charge in [-0.05, 0) is 48.9 Å². The Morgan fingerprint density at radius 1 is 1.25 bits per heavy atom. The average Bonchev–Trinajstić information content (AvgIpc) is 3.24. The number of aryl methyl sites for hydroxylation is 1. The Balaban J connectivity index is 1.34. The van der Waals surface area contributed by atoms with E-state index < -0.39 is 0 Å². The zero-order valence-corrected chi connectivity index (χ0v) is 18.8. The van der Waals surface area contributed by atoms with Gasteiger partial charge in [0.05, 0.1) is 10.2 Å². The van der Waals surface area contributed by atoms with Crippen molar-refractivity contribution < 1.29 is 4.79 Å². The highest BCUT2D eigenvalue weighted by Crippen LogP contribution is 2.31. The van der Waals surface area contributed by atoms with Gasteiger partial charge in [-0.2, -0.15) is 5.26 Å². The second-order valence-electron chi connectivity index (χ2n) is 7.73. The number of piperazine rings is 1. The number of hydrogen-bond donors (Lipinski definition) is 3. The molecule has 0 atom stereocenters. The summed E-state index contributed by atoms with van der Waals surface area (Å²) < 4.78 is 1.17. The minimum Gasteiger partial charge on any atom is -0.360 e. The van der Waals surface area contributed by atoms with Gasteiger partial charge in [0.1, 0.15) is 16.6 Å². The maximum atomic E-state index is 12.3. The van der Waals surface area contributed by atoms with Crippen LogP contribution in [-0.4, -0.2) is 55.1 Å². The van der Waals surface area contributed by atoms with E-state index in [0.29, 0.717) is 6.54 Å². The minimum atomic E-state index is -0.364. The molecule has 3 aromatic rings. The number of hydrogen-bond acceptors (Lipinski definition) is 7. The number of nitrogens with zero attached hydrogens (tertiary/aromatic N) is 3. The quantitative estimate of drug-likeness (QED) is 0.381. The summed E-state index contributed by atoms with van der Waals surface area (Å²) in [7, 11) is 0. The molecule has 0 spiro atoms. The van der Waals surface area contributed by atoms with Gasteiger partial charge >= 0.3 is 0 Å². The van der Waals surface area contributed by atoms with Crippen LogP contribution >= 0.6 is 11.3 Å². The topological polar surface area (TPSA) is 93.1 Å². The van der Waals surface area contributed by atoms with E-state index in [1.54, 1.807) is 11.3 Å². The molecule has 1 fully saturated rings. The molecule has 7 nitrogen and oxygen atoms in total. The van der Waals surface area contributed by atoms with Crippen LogP contribution in [0.2, 0.25) is 0 Å². The number of aromatic nitrogens is 1. The highest BCUT2D eigenvalue weighted by molar-refractivity contribution is 7.21. The number of thiazole rings is 1. The average molecular weight is 447 g/mol. The lowest BCUT2D eigenvalue weighted by molar-refractivity contribution is -0.117. The van der Waals surface area contributed by atoms with Gasteiger partial charge in [0, 0.05) is 56.7 Å². The Bertz CT molecular complexity index is 1160. The number of nitrogens with one attached hydrogen (secondary N) is 3. The van der Waals surface area contributed by atoms with E-state index in [1.165, 1.54) is 16.5 Å². The molecular weight excluding hydrogens is 420 g/mol. The largest absolute Gasteiger partial charge is 0.360 e. The number of fused-ring (bicyclic) bond motifs is 1. The maximum absolute atomic E-state index is 12.3. The fraction of sp³-hybridized carbons (Fsp3) is 0.292. The lowest BCUT2D eigenvalue weighted by atomic mass is 10.2. The molecule has 0 saturated carbocycles. The number of rotatable bonds is 7. The van der Waals surface area contributed by atoms with E-state index in [1.807, 2.05) is 36.4 Å². The Labute approximate surface area is 191 Å². The molecule has 8 heteroatoms. The van der Waals surface area contributed by atoms with E-state index >= 15 is 0 Å². The van der Waals surface area contributed by atoms with Crippen molar-refractivity contribution in [2.75, 3.05) is 44.6 Å². The number of nitriles is 1. The van der Waals surface area contributed by atoms with Crippen molar-refractivity contribution in [1.82, 2.24) is 20.5 Å². The van der Waals surface area contributed by atoms with E-state index in [-0.39, 0.29) is 11.5 Å². The van der Waals surface area contributed by atoms with Crippen molar-refractivity contribution in [2.24, 2.45) is 0 Å². The van der Waals surface area contributed by atoms with E-state index in [2.05, 4.69) is 39.9 Å². The predicted molar refractivity (Wildman–Crippen MR) is 129 cm³/mol. The number of amides is 1. The van der Waals surface area contributed by atoms with Crippen molar-refractivity contribution in [3.05, 3.63) is 59.8 Å². The van der Waals surface area contributed by atoms with E-state index in [0.717, 1.165) is 54.5 Å². The van der Waals surface area contributed by atoms with Crippen LogP contribution in [0.15, 0.2) is 54.2 Å². The molecule has 4 rings (SSSR count). The normalized spacial score (nSPS) is 14.8. The summed E-state index contributed by atoms with van der Waals surface area (Å²) in [5.41, 5.74) is 4.11. The van der Waals surface area contributed by atoms with Crippen LogP contribution in [0.3, 0.4) is 0 Å². The first-order chi connectivity index (χ1) is 15.6. The monoisotopic (exact) mass is 446 g/mol. The lowest BCUT2D eigenvalue weighted by Gasteiger charge is -2.27. The van der Waals surface area contributed by atoms with Crippen LogP contribution in [0.1, 0.15) is 5.56 Å². The molecule has 32 heavy (non-hydrogen) atoms. The van der Waals surface area contributed by atoms with Crippen LogP contribution in [0.4, 0.5) is 5.69 Å². The summed E-state index contributed by atoms with van der Waals surface area (Å²) >= 11 is 1.67. The second-order valence-corrected chi connectivity index (χ2v) is 8.76. The minimum absolute atomic E-state index is 0.0518. The fourth-order valence-corrected chi connectivity index (χ4v) is 4.60. The van der Waals surface area contributed by atoms with Crippen LogP contribution in [0, 0.1) is 18.3 Å². The summed E-state index contributed by atoms with van der Waals surface area (Å²) in [6.45, 7) is 7.28. The predicted octanol–water partition coefficient (Wildman–Crippen LogP) is 3.11. The Morgan fingerprint density at radius 3 is 2.78 bits per heavy atom. The summed E-state index contributed by atoms with van der Waals surface area (Å²) in [6, 6.07) is 16.0. The third kappa shape index (κ3) is 5.51. The smallest absolute Gasteiger partial charge is 0.263 e. The third-order valence-electron chi connectivity index (χ3n) is 5.35. The Hall–Kier alpha value is -3.25. The molecule has 1 aromatic heterocycles. The molecule has 1 aliphatic rings. The van der Waals surface area contributed by atoms with Crippen molar-refractivity contribution in [1.29, 1.82) is 5.26 Å². The Morgan fingerprint density at radius 2 is 2.03 bits per heavy atom. The molecule has 0 aliphatic carbocycles. The van der Waals surface area contributed by atoms with Gasteiger partial charge < -0.3 is 16.0 Å². The zero-order chi connectivity index (χ0) is 22.3. The molecule has 0 bridgehead atoms. The zero-order valence-electron chi connectivity index (χ0n) is 18.0.